The standard InChI is InChI=1S/C26H23N3O9S2/c1-15-20(12-16-4-6-17(7-5-16)28(2)3)25(31)29(27-15)22-14-19(40(36,37)38)9-11-24(22)39(34,35)18-8-10-23(30)21(13-18)26(32)33/h4-14,30H,1-3H3,(H,32,33)(H,36,37,38)/b20-12+. The summed E-state index contributed by atoms with van der Waals surface area (Å²) in [6, 6.07) is 12.2. The van der Waals surface area contributed by atoms with E-state index in [0.29, 0.717) is 10.6 Å². The molecule has 0 unspecified atom stereocenters. The number of aromatic carboxylic acids is 1. The summed E-state index contributed by atoms with van der Waals surface area (Å²) in [5, 5.41) is 24.0. The van der Waals surface area contributed by atoms with Gasteiger partial charge in [-0.15, -0.1) is 0 Å². The van der Waals surface area contributed by atoms with Crippen molar-refractivity contribution in [2.24, 2.45) is 5.10 Å². The Morgan fingerprint density at radius 1 is 0.950 bits per heavy atom. The third-order valence-corrected chi connectivity index (χ3v) is 8.69. The van der Waals surface area contributed by atoms with Crippen LogP contribution in [0.3, 0.4) is 0 Å². The van der Waals surface area contributed by atoms with Crippen molar-refractivity contribution in [1.82, 2.24) is 0 Å². The number of carboxylic acid groups (broad SMARTS) is 1. The van der Waals surface area contributed by atoms with E-state index in [0.717, 1.165) is 42.1 Å². The van der Waals surface area contributed by atoms with Gasteiger partial charge in [-0.1, -0.05) is 12.1 Å². The second-order valence-corrected chi connectivity index (χ2v) is 12.3. The number of rotatable bonds is 7. The zero-order chi connectivity index (χ0) is 29.6. The Morgan fingerprint density at radius 2 is 1.57 bits per heavy atom. The van der Waals surface area contributed by atoms with Crippen molar-refractivity contribution in [3.8, 4) is 5.75 Å². The molecule has 3 aromatic rings. The molecule has 12 nitrogen and oxygen atoms in total. The lowest BCUT2D eigenvalue weighted by atomic mass is 10.1. The molecule has 0 spiro atoms. The van der Waals surface area contributed by atoms with Gasteiger partial charge in [0.05, 0.1) is 31.7 Å². The summed E-state index contributed by atoms with van der Waals surface area (Å²) < 4.78 is 60.6. The Morgan fingerprint density at radius 3 is 2.15 bits per heavy atom. The molecule has 1 aliphatic rings. The Bertz CT molecular complexity index is 1830. The van der Waals surface area contributed by atoms with Gasteiger partial charge in [0.2, 0.25) is 9.84 Å². The largest absolute Gasteiger partial charge is 0.507 e. The minimum atomic E-state index is -4.82. The zero-order valence-corrected chi connectivity index (χ0v) is 22.9. The van der Waals surface area contributed by atoms with Crippen LogP contribution in [0.5, 0.6) is 5.75 Å². The normalized spacial score (nSPS) is 14.9. The summed E-state index contributed by atoms with van der Waals surface area (Å²) in [4.78, 5) is 25.0. The molecule has 40 heavy (non-hydrogen) atoms. The maximum absolute atomic E-state index is 13.6. The van der Waals surface area contributed by atoms with E-state index in [1.165, 1.54) is 6.92 Å². The van der Waals surface area contributed by atoms with E-state index < -0.39 is 63.5 Å². The zero-order valence-electron chi connectivity index (χ0n) is 21.3. The maximum Gasteiger partial charge on any atom is 0.339 e. The molecular weight excluding hydrogens is 562 g/mol. The average molecular weight is 586 g/mol. The molecule has 208 valence electrons. The second-order valence-electron chi connectivity index (χ2n) is 8.94. The van der Waals surface area contributed by atoms with E-state index in [4.69, 9.17) is 0 Å². The molecule has 1 amide bonds. The highest BCUT2D eigenvalue weighted by Crippen LogP contribution is 2.36. The van der Waals surface area contributed by atoms with Crippen LogP contribution in [0.15, 0.2) is 86.0 Å². The number of nitrogens with zero attached hydrogens (tertiary/aromatic N) is 3. The molecule has 0 saturated heterocycles. The summed E-state index contributed by atoms with van der Waals surface area (Å²) in [7, 11) is -5.69. The third-order valence-electron chi connectivity index (χ3n) is 6.04. The molecule has 3 N–H and O–H groups in total. The van der Waals surface area contributed by atoms with Crippen molar-refractivity contribution >= 4 is 55.0 Å². The third kappa shape index (κ3) is 5.32. The van der Waals surface area contributed by atoms with Gasteiger partial charge in [-0.3, -0.25) is 9.35 Å². The van der Waals surface area contributed by atoms with Gasteiger partial charge in [-0.05, 0) is 67.1 Å². The highest BCUT2D eigenvalue weighted by molar-refractivity contribution is 7.91. The first-order valence-corrected chi connectivity index (χ1v) is 14.4. The van der Waals surface area contributed by atoms with Crippen molar-refractivity contribution in [1.29, 1.82) is 0 Å². The highest BCUT2D eigenvalue weighted by Gasteiger charge is 2.35. The lowest BCUT2D eigenvalue weighted by Crippen LogP contribution is -2.24. The smallest absolute Gasteiger partial charge is 0.339 e. The first-order chi connectivity index (χ1) is 18.6. The van der Waals surface area contributed by atoms with Crippen molar-refractivity contribution in [2.45, 2.75) is 21.6 Å². The Kier molecular flexibility index (Phi) is 7.28. The predicted octanol–water partition coefficient (Wildman–Crippen LogP) is 3.04. The molecule has 14 heteroatoms. The van der Waals surface area contributed by atoms with Crippen LogP contribution in [0.1, 0.15) is 22.8 Å². The SMILES string of the molecule is CC1=NN(c2cc(S(=O)(=O)O)ccc2S(=O)(=O)c2ccc(O)c(C(=O)O)c2)C(=O)/C1=C/c1ccc(N(C)C)cc1. The summed E-state index contributed by atoms with van der Waals surface area (Å²) in [6.07, 6.45) is 1.54. The molecule has 0 aliphatic carbocycles. The molecule has 0 bridgehead atoms. The van der Waals surface area contributed by atoms with E-state index in [2.05, 4.69) is 5.10 Å². The van der Waals surface area contributed by atoms with Gasteiger partial charge >= 0.3 is 5.97 Å². The molecular formula is C26H23N3O9S2. The number of benzene rings is 3. The van der Waals surface area contributed by atoms with Crippen LogP contribution in [-0.4, -0.2) is 63.3 Å². The fraction of sp³-hybridized carbons (Fsp3) is 0.115. The lowest BCUT2D eigenvalue weighted by Gasteiger charge is -2.18. The van der Waals surface area contributed by atoms with Gasteiger partial charge in [-0.25, -0.2) is 13.2 Å². The van der Waals surface area contributed by atoms with Gasteiger partial charge in [0.25, 0.3) is 16.0 Å². The number of hydrogen-bond acceptors (Lipinski definition) is 9. The molecule has 0 saturated carbocycles. The summed E-state index contributed by atoms with van der Waals surface area (Å²) >= 11 is 0. The first kappa shape index (κ1) is 28.5. The van der Waals surface area contributed by atoms with E-state index in [1.807, 2.05) is 31.1 Å². The topological polar surface area (TPSA) is 182 Å². The molecule has 4 rings (SSSR count). The van der Waals surface area contributed by atoms with Gasteiger partial charge < -0.3 is 15.1 Å². The number of hydrogen-bond donors (Lipinski definition) is 3. The first-order valence-electron chi connectivity index (χ1n) is 11.4. The fourth-order valence-corrected chi connectivity index (χ4v) is 5.86. The van der Waals surface area contributed by atoms with Crippen LogP contribution in [0.2, 0.25) is 0 Å². The number of carbonyl (C=O) groups is 2. The monoisotopic (exact) mass is 585 g/mol. The van der Waals surface area contributed by atoms with Crippen molar-refractivity contribution in [3.63, 3.8) is 0 Å². The van der Waals surface area contributed by atoms with E-state index >= 15 is 0 Å². The van der Waals surface area contributed by atoms with Crippen molar-refractivity contribution in [3.05, 3.63) is 77.4 Å². The maximum atomic E-state index is 13.6. The fourth-order valence-electron chi connectivity index (χ4n) is 3.91. The van der Waals surface area contributed by atoms with E-state index in [9.17, 15) is 41.2 Å². The van der Waals surface area contributed by atoms with Gasteiger partial charge in [-0.2, -0.15) is 18.5 Å². The number of amides is 1. The minimum Gasteiger partial charge on any atom is -0.507 e. The van der Waals surface area contributed by atoms with Gasteiger partial charge in [0, 0.05) is 19.8 Å². The number of sulfone groups is 1. The number of anilines is 2. The van der Waals surface area contributed by atoms with Crippen molar-refractivity contribution in [2.75, 3.05) is 24.0 Å². The summed E-state index contributed by atoms with van der Waals surface area (Å²) in [6.45, 7) is 1.51. The number of carboxylic acids is 1. The Hall–Kier alpha value is -4.53. The van der Waals surface area contributed by atoms with E-state index in [-0.39, 0.29) is 11.3 Å². The lowest BCUT2D eigenvalue weighted by molar-refractivity contribution is -0.114. The van der Waals surface area contributed by atoms with Crippen molar-refractivity contribution < 1.29 is 41.2 Å². The van der Waals surface area contributed by atoms with Crippen LogP contribution in [-0.2, 0) is 24.7 Å². The molecule has 3 aromatic carbocycles. The molecule has 0 radical (unpaired) electrons. The number of aromatic hydroxyl groups is 1. The van der Waals surface area contributed by atoms with Crippen LogP contribution >= 0.6 is 0 Å². The molecule has 0 atom stereocenters. The summed E-state index contributed by atoms with van der Waals surface area (Å²) in [5.74, 6) is -3.02. The van der Waals surface area contributed by atoms with Crippen LogP contribution in [0.25, 0.3) is 6.08 Å². The predicted molar refractivity (Wildman–Crippen MR) is 146 cm³/mol. The average Bonchev–Trinajstić information content (AvgIpc) is 3.16. The quantitative estimate of drug-likeness (QED) is 0.275. The number of carbonyl (C=O) groups excluding carboxylic acids is 1. The van der Waals surface area contributed by atoms with E-state index in [1.54, 1.807) is 18.2 Å². The highest BCUT2D eigenvalue weighted by atomic mass is 32.2. The molecule has 0 aromatic heterocycles. The van der Waals surface area contributed by atoms with Crippen LogP contribution < -0.4 is 9.91 Å². The van der Waals surface area contributed by atoms with Crippen LogP contribution in [0.4, 0.5) is 11.4 Å². The number of hydrazone groups is 1. The minimum absolute atomic E-state index is 0.107. The molecule has 0 fully saturated rings. The number of phenols is 1. The Balaban J connectivity index is 1.86. The summed E-state index contributed by atoms with van der Waals surface area (Å²) in [5.41, 5.74) is 0.708. The van der Waals surface area contributed by atoms with Gasteiger partial charge in [0.1, 0.15) is 11.3 Å². The Labute approximate surface area is 229 Å². The second kappa shape index (κ2) is 10.2. The molecule has 1 aliphatic heterocycles. The van der Waals surface area contributed by atoms with Gasteiger partial charge in [0.15, 0.2) is 0 Å². The molecule has 1 heterocycles. The van der Waals surface area contributed by atoms with Crippen LogP contribution in [0, 0.1) is 0 Å².